The molecule has 0 aliphatic heterocycles. The number of nitrogens with zero attached hydrogens (tertiary/aromatic N) is 1. The lowest BCUT2D eigenvalue weighted by atomic mass is 10.2. The third-order valence-corrected chi connectivity index (χ3v) is 2.02. The maximum absolute atomic E-state index is 5.78. The van der Waals surface area contributed by atoms with Gasteiger partial charge >= 0.3 is 0 Å². The van der Waals surface area contributed by atoms with E-state index in [1.54, 1.807) is 6.20 Å². The highest BCUT2D eigenvalue weighted by atomic mass is 35.5. The predicted molar refractivity (Wildman–Crippen MR) is 54.5 cm³/mol. The Labute approximate surface area is 83.3 Å². The number of aromatic nitrogens is 1. The highest BCUT2D eigenvalue weighted by Gasteiger charge is 1.97. The first-order valence-electron chi connectivity index (χ1n) is 3.99. The van der Waals surface area contributed by atoms with Crippen molar-refractivity contribution in [3.8, 4) is 12.3 Å². The number of hydrogen-bond acceptors (Lipinski definition) is 2. The molecule has 3 heteroatoms. The molecule has 0 saturated carbocycles. The van der Waals surface area contributed by atoms with E-state index < -0.39 is 0 Å². The SMILES string of the molecule is C#CCNCc1cnc(Cl)c(C)c1. The summed E-state index contributed by atoms with van der Waals surface area (Å²) in [4.78, 5) is 4.03. The highest BCUT2D eigenvalue weighted by molar-refractivity contribution is 6.30. The van der Waals surface area contributed by atoms with Crippen molar-refractivity contribution in [2.45, 2.75) is 13.5 Å². The number of aryl methyl sites for hydroxylation is 1. The van der Waals surface area contributed by atoms with E-state index in [0.29, 0.717) is 11.7 Å². The minimum atomic E-state index is 0.556. The van der Waals surface area contributed by atoms with Gasteiger partial charge in [0.2, 0.25) is 0 Å². The zero-order chi connectivity index (χ0) is 9.68. The number of hydrogen-bond donors (Lipinski definition) is 1. The fourth-order valence-electron chi connectivity index (χ4n) is 0.992. The van der Waals surface area contributed by atoms with E-state index in [0.717, 1.165) is 17.7 Å². The van der Waals surface area contributed by atoms with Gasteiger partial charge in [0.1, 0.15) is 5.15 Å². The summed E-state index contributed by atoms with van der Waals surface area (Å²) in [5.74, 6) is 2.51. The summed E-state index contributed by atoms with van der Waals surface area (Å²) < 4.78 is 0. The summed E-state index contributed by atoms with van der Waals surface area (Å²) in [6.45, 7) is 3.23. The molecule has 2 nitrogen and oxygen atoms in total. The monoisotopic (exact) mass is 194 g/mol. The zero-order valence-electron chi connectivity index (χ0n) is 7.47. The Kier molecular flexibility index (Phi) is 3.75. The molecule has 1 aromatic rings. The van der Waals surface area contributed by atoms with Crippen LogP contribution in [0.15, 0.2) is 12.3 Å². The second-order valence-corrected chi connectivity index (χ2v) is 3.12. The van der Waals surface area contributed by atoms with Gasteiger partial charge in [-0.15, -0.1) is 6.42 Å². The van der Waals surface area contributed by atoms with Crippen LogP contribution in [-0.4, -0.2) is 11.5 Å². The lowest BCUT2D eigenvalue weighted by Gasteiger charge is -2.02. The Morgan fingerprint density at radius 2 is 2.46 bits per heavy atom. The normalized spacial score (nSPS) is 9.62. The minimum absolute atomic E-state index is 0.556. The molecule has 0 unspecified atom stereocenters. The average Bonchev–Trinajstić information content (AvgIpc) is 2.12. The molecule has 1 rings (SSSR count). The van der Waals surface area contributed by atoms with Crippen LogP contribution < -0.4 is 5.32 Å². The Morgan fingerprint density at radius 1 is 1.69 bits per heavy atom. The molecule has 1 N–H and O–H groups in total. The molecule has 0 atom stereocenters. The zero-order valence-corrected chi connectivity index (χ0v) is 8.23. The third-order valence-electron chi connectivity index (χ3n) is 1.63. The van der Waals surface area contributed by atoms with Crippen LogP contribution in [0.2, 0.25) is 5.15 Å². The third kappa shape index (κ3) is 3.06. The van der Waals surface area contributed by atoms with Crippen molar-refractivity contribution in [3.63, 3.8) is 0 Å². The number of pyridine rings is 1. The van der Waals surface area contributed by atoms with Crippen molar-refractivity contribution in [1.82, 2.24) is 10.3 Å². The molecule has 0 aliphatic rings. The predicted octanol–water partition coefficient (Wildman–Crippen LogP) is 1.77. The molecular formula is C10H11ClN2. The molecule has 0 amide bonds. The maximum Gasteiger partial charge on any atom is 0.131 e. The van der Waals surface area contributed by atoms with Crippen molar-refractivity contribution in [1.29, 1.82) is 0 Å². The van der Waals surface area contributed by atoms with E-state index in [2.05, 4.69) is 16.2 Å². The first-order chi connectivity index (χ1) is 6.24. The first-order valence-corrected chi connectivity index (χ1v) is 4.37. The Morgan fingerprint density at radius 3 is 3.08 bits per heavy atom. The quantitative estimate of drug-likeness (QED) is 0.451. The number of halogens is 1. The van der Waals surface area contributed by atoms with Gasteiger partial charge in [0.05, 0.1) is 6.54 Å². The van der Waals surface area contributed by atoms with Crippen molar-refractivity contribution in [3.05, 3.63) is 28.5 Å². The molecule has 68 valence electrons. The second kappa shape index (κ2) is 4.86. The lowest BCUT2D eigenvalue weighted by molar-refractivity contribution is 0.766. The fraction of sp³-hybridized carbons (Fsp3) is 0.300. The average molecular weight is 195 g/mol. The summed E-state index contributed by atoms with van der Waals surface area (Å²) in [5, 5.41) is 3.64. The standard InChI is InChI=1S/C10H11ClN2/c1-3-4-12-6-9-5-8(2)10(11)13-7-9/h1,5,7,12H,4,6H2,2H3. The molecule has 1 aromatic heterocycles. The van der Waals surface area contributed by atoms with Gasteiger partial charge in [-0.3, -0.25) is 0 Å². The molecule has 0 aliphatic carbocycles. The summed E-state index contributed by atoms with van der Waals surface area (Å²) in [6.07, 6.45) is 6.85. The summed E-state index contributed by atoms with van der Waals surface area (Å²) >= 11 is 5.78. The summed E-state index contributed by atoms with van der Waals surface area (Å²) in [7, 11) is 0. The number of rotatable bonds is 3. The van der Waals surface area contributed by atoms with Gasteiger partial charge in [0, 0.05) is 12.7 Å². The van der Waals surface area contributed by atoms with Crippen LogP contribution >= 0.6 is 11.6 Å². The Hall–Kier alpha value is -1.04. The van der Waals surface area contributed by atoms with Crippen LogP contribution in [0, 0.1) is 19.3 Å². The molecule has 0 fully saturated rings. The fourth-order valence-corrected chi connectivity index (χ4v) is 1.10. The Bertz CT molecular complexity index is 328. The molecule has 0 aromatic carbocycles. The van der Waals surface area contributed by atoms with E-state index >= 15 is 0 Å². The van der Waals surface area contributed by atoms with Crippen LogP contribution in [-0.2, 0) is 6.54 Å². The van der Waals surface area contributed by atoms with Gasteiger partial charge in [-0.2, -0.15) is 0 Å². The van der Waals surface area contributed by atoms with Crippen LogP contribution in [0.4, 0.5) is 0 Å². The molecule has 0 saturated heterocycles. The van der Waals surface area contributed by atoms with E-state index in [1.807, 2.05) is 13.0 Å². The molecule has 0 bridgehead atoms. The summed E-state index contributed by atoms with van der Waals surface area (Å²) in [6, 6.07) is 2.00. The molecule has 0 spiro atoms. The van der Waals surface area contributed by atoms with Crippen LogP contribution in [0.5, 0.6) is 0 Å². The molecular weight excluding hydrogens is 184 g/mol. The van der Waals surface area contributed by atoms with E-state index in [4.69, 9.17) is 18.0 Å². The molecule has 1 heterocycles. The van der Waals surface area contributed by atoms with Gasteiger partial charge in [-0.1, -0.05) is 23.6 Å². The van der Waals surface area contributed by atoms with E-state index in [1.165, 1.54) is 0 Å². The van der Waals surface area contributed by atoms with E-state index in [9.17, 15) is 0 Å². The Balaban J connectivity index is 2.59. The molecule has 13 heavy (non-hydrogen) atoms. The first kappa shape index (κ1) is 10.0. The molecule has 0 radical (unpaired) electrons. The van der Waals surface area contributed by atoms with Gasteiger partial charge in [-0.05, 0) is 18.1 Å². The van der Waals surface area contributed by atoms with Gasteiger partial charge in [0.15, 0.2) is 0 Å². The topological polar surface area (TPSA) is 24.9 Å². The van der Waals surface area contributed by atoms with Gasteiger partial charge < -0.3 is 5.32 Å². The van der Waals surface area contributed by atoms with Crippen LogP contribution in [0.1, 0.15) is 11.1 Å². The van der Waals surface area contributed by atoms with E-state index in [-0.39, 0.29) is 0 Å². The van der Waals surface area contributed by atoms with Crippen molar-refractivity contribution >= 4 is 11.6 Å². The smallest absolute Gasteiger partial charge is 0.131 e. The highest BCUT2D eigenvalue weighted by Crippen LogP contribution is 2.12. The van der Waals surface area contributed by atoms with Crippen molar-refractivity contribution < 1.29 is 0 Å². The summed E-state index contributed by atoms with van der Waals surface area (Å²) in [5.41, 5.74) is 2.08. The second-order valence-electron chi connectivity index (χ2n) is 2.76. The number of terminal acetylenes is 1. The number of nitrogens with one attached hydrogen (secondary N) is 1. The lowest BCUT2D eigenvalue weighted by Crippen LogP contribution is -2.13. The van der Waals surface area contributed by atoms with Gasteiger partial charge in [-0.25, -0.2) is 4.98 Å². The van der Waals surface area contributed by atoms with Crippen LogP contribution in [0.3, 0.4) is 0 Å². The van der Waals surface area contributed by atoms with Crippen molar-refractivity contribution in [2.24, 2.45) is 0 Å². The van der Waals surface area contributed by atoms with Crippen molar-refractivity contribution in [2.75, 3.05) is 6.54 Å². The van der Waals surface area contributed by atoms with Crippen LogP contribution in [0.25, 0.3) is 0 Å². The largest absolute Gasteiger partial charge is 0.302 e. The minimum Gasteiger partial charge on any atom is -0.302 e. The van der Waals surface area contributed by atoms with Gasteiger partial charge in [0.25, 0.3) is 0 Å². The maximum atomic E-state index is 5.78.